The van der Waals surface area contributed by atoms with Gasteiger partial charge in [0.1, 0.15) is 0 Å². The van der Waals surface area contributed by atoms with Crippen molar-refractivity contribution in [2.75, 3.05) is 6.61 Å². The van der Waals surface area contributed by atoms with Gasteiger partial charge in [-0.2, -0.15) is 0 Å². The lowest BCUT2D eigenvalue weighted by atomic mass is 9.95. The molecule has 2 rings (SSSR count). The number of aryl methyl sites for hydroxylation is 1. The summed E-state index contributed by atoms with van der Waals surface area (Å²) in [7, 11) is 0. The zero-order chi connectivity index (χ0) is 12.5. The largest absolute Gasteiger partial charge is 0.479 e. The number of carboxylic acids is 1. The number of carbonyl (C=O) groups is 1. The maximum atomic E-state index is 11.4. The van der Waals surface area contributed by atoms with Gasteiger partial charge in [-0.25, -0.2) is 4.79 Å². The Bertz CT molecular complexity index is 406. The van der Waals surface area contributed by atoms with Gasteiger partial charge in [-0.05, 0) is 38.2 Å². The number of rotatable bonds is 5. The first-order chi connectivity index (χ1) is 8.02. The van der Waals surface area contributed by atoms with Crippen molar-refractivity contribution in [1.82, 2.24) is 0 Å². The van der Waals surface area contributed by atoms with Crippen LogP contribution >= 0.6 is 0 Å². The zero-order valence-electron chi connectivity index (χ0n) is 10.3. The molecule has 1 aliphatic rings. The molecule has 0 radical (unpaired) electrons. The molecule has 0 aromatic heterocycles. The minimum Gasteiger partial charge on any atom is -0.479 e. The number of benzene rings is 1. The van der Waals surface area contributed by atoms with Gasteiger partial charge in [0.25, 0.3) is 0 Å². The van der Waals surface area contributed by atoms with Crippen LogP contribution in [0.2, 0.25) is 0 Å². The number of aliphatic carboxylic acids is 1. The van der Waals surface area contributed by atoms with Crippen molar-refractivity contribution in [2.24, 2.45) is 5.92 Å². The molecule has 1 unspecified atom stereocenters. The van der Waals surface area contributed by atoms with Crippen molar-refractivity contribution in [3.8, 4) is 0 Å². The molecule has 0 amide bonds. The lowest BCUT2D eigenvalue weighted by molar-refractivity contribution is -0.165. The highest BCUT2D eigenvalue weighted by molar-refractivity contribution is 5.79. The van der Waals surface area contributed by atoms with E-state index in [1.54, 1.807) is 6.92 Å². The topological polar surface area (TPSA) is 46.5 Å². The van der Waals surface area contributed by atoms with E-state index in [1.165, 1.54) is 0 Å². The summed E-state index contributed by atoms with van der Waals surface area (Å²) < 4.78 is 5.64. The molecule has 0 bridgehead atoms. The van der Waals surface area contributed by atoms with Crippen LogP contribution < -0.4 is 0 Å². The van der Waals surface area contributed by atoms with Crippen LogP contribution in [0.1, 0.15) is 30.9 Å². The average Bonchev–Trinajstić information content (AvgIpc) is 3.10. The van der Waals surface area contributed by atoms with Crippen LogP contribution in [0.3, 0.4) is 0 Å². The molecule has 1 atom stereocenters. The second-order valence-corrected chi connectivity index (χ2v) is 4.96. The van der Waals surface area contributed by atoms with Crippen LogP contribution in [0.4, 0.5) is 0 Å². The van der Waals surface area contributed by atoms with E-state index in [0.717, 1.165) is 18.4 Å². The number of hydrogen-bond donors (Lipinski definition) is 1. The maximum absolute atomic E-state index is 11.4. The molecule has 1 N–H and O–H groups in total. The minimum absolute atomic E-state index is 0.538. The van der Waals surface area contributed by atoms with Crippen LogP contribution in [-0.2, 0) is 15.1 Å². The van der Waals surface area contributed by atoms with E-state index >= 15 is 0 Å². The van der Waals surface area contributed by atoms with Crippen molar-refractivity contribution in [2.45, 2.75) is 32.3 Å². The molecule has 1 saturated carbocycles. The first-order valence-electron chi connectivity index (χ1n) is 5.97. The Kier molecular flexibility index (Phi) is 3.20. The molecule has 1 aromatic rings. The molecule has 17 heavy (non-hydrogen) atoms. The van der Waals surface area contributed by atoms with Gasteiger partial charge in [-0.3, -0.25) is 0 Å². The second kappa shape index (κ2) is 4.49. The highest BCUT2D eigenvalue weighted by atomic mass is 16.5. The van der Waals surface area contributed by atoms with Crippen LogP contribution in [0.15, 0.2) is 24.3 Å². The highest BCUT2D eigenvalue weighted by Gasteiger charge is 2.38. The Morgan fingerprint density at radius 2 is 2.00 bits per heavy atom. The van der Waals surface area contributed by atoms with E-state index in [2.05, 4.69) is 0 Å². The van der Waals surface area contributed by atoms with E-state index in [-0.39, 0.29) is 0 Å². The van der Waals surface area contributed by atoms with Gasteiger partial charge in [0.05, 0.1) is 6.61 Å². The molecule has 0 spiro atoms. The van der Waals surface area contributed by atoms with Crippen molar-refractivity contribution >= 4 is 5.97 Å². The highest BCUT2D eigenvalue weighted by Crippen LogP contribution is 2.33. The SMILES string of the molecule is Cc1ccc(C(C)(OCC2CC2)C(=O)O)cc1. The lowest BCUT2D eigenvalue weighted by Crippen LogP contribution is -2.36. The molecule has 0 heterocycles. The third kappa shape index (κ3) is 2.67. The third-order valence-electron chi connectivity index (χ3n) is 3.32. The maximum Gasteiger partial charge on any atom is 0.340 e. The Balaban J connectivity index is 2.19. The standard InChI is InChI=1S/C14H18O3/c1-10-3-7-12(8-4-10)14(2,13(15)16)17-9-11-5-6-11/h3-4,7-8,11H,5-6,9H2,1-2H3,(H,15,16). The lowest BCUT2D eigenvalue weighted by Gasteiger charge is -2.26. The number of hydrogen-bond acceptors (Lipinski definition) is 2. The average molecular weight is 234 g/mol. The van der Waals surface area contributed by atoms with E-state index in [9.17, 15) is 9.90 Å². The fraction of sp³-hybridized carbons (Fsp3) is 0.500. The van der Waals surface area contributed by atoms with E-state index in [4.69, 9.17) is 4.74 Å². The molecule has 1 fully saturated rings. The minimum atomic E-state index is -1.23. The molecular formula is C14H18O3. The molecule has 0 saturated heterocycles. The molecule has 1 aliphatic carbocycles. The zero-order valence-corrected chi connectivity index (χ0v) is 10.3. The Morgan fingerprint density at radius 3 is 2.47 bits per heavy atom. The fourth-order valence-corrected chi connectivity index (χ4v) is 1.71. The van der Waals surface area contributed by atoms with Crippen LogP contribution in [0.5, 0.6) is 0 Å². The Morgan fingerprint density at radius 1 is 1.41 bits per heavy atom. The summed E-state index contributed by atoms with van der Waals surface area (Å²) in [5.74, 6) is -0.374. The van der Waals surface area contributed by atoms with Gasteiger partial charge in [0.15, 0.2) is 5.60 Å². The summed E-state index contributed by atoms with van der Waals surface area (Å²) in [6.07, 6.45) is 2.31. The summed E-state index contributed by atoms with van der Waals surface area (Å²) >= 11 is 0. The van der Waals surface area contributed by atoms with Gasteiger partial charge in [0, 0.05) is 0 Å². The number of ether oxygens (including phenoxy) is 1. The Hall–Kier alpha value is -1.35. The molecule has 0 aliphatic heterocycles. The monoisotopic (exact) mass is 234 g/mol. The van der Waals surface area contributed by atoms with E-state index in [1.807, 2.05) is 31.2 Å². The smallest absolute Gasteiger partial charge is 0.340 e. The van der Waals surface area contributed by atoms with Crippen LogP contribution in [0.25, 0.3) is 0 Å². The van der Waals surface area contributed by atoms with Crippen LogP contribution in [-0.4, -0.2) is 17.7 Å². The first-order valence-corrected chi connectivity index (χ1v) is 5.97. The quantitative estimate of drug-likeness (QED) is 0.852. The summed E-state index contributed by atoms with van der Waals surface area (Å²) in [4.78, 5) is 11.4. The van der Waals surface area contributed by atoms with Gasteiger partial charge in [-0.1, -0.05) is 29.8 Å². The molecule has 3 nitrogen and oxygen atoms in total. The van der Waals surface area contributed by atoms with Crippen molar-refractivity contribution in [1.29, 1.82) is 0 Å². The predicted octanol–water partition coefficient (Wildman–Crippen LogP) is 2.72. The number of carboxylic acid groups (broad SMARTS) is 1. The second-order valence-electron chi connectivity index (χ2n) is 4.96. The fourth-order valence-electron chi connectivity index (χ4n) is 1.71. The molecule has 1 aromatic carbocycles. The molecule has 92 valence electrons. The summed E-state index contributed by atoms with van der Waals surface area (Å²) in [5, 5.41) is 9.36. The van der Waals surface area contributed by atoms with Crippen molar-refractivity contribution < 1.29 is 14.6 Å². The van der Waals surface area contributed by atoms with Gasteiger partial charge >= 0.3 is 5.97 Å². The predicted molar refractivity (Wildman–Crippen MR) is 64.8 cm³/mol. The van der Waals surface area contributed by atoms with Crippen LogP contribution in [0, 0.1) is 12.8 Å². The normalized spacial score (nSPS) is 18.7. The van der Waals surface area contributed by atoms with E-state index in [0.29, 0.717) is 18.1 Å². The summed E-state index contributed by atoms with van der Waals surface area (Å²) in [6.45, 7) is 4.14. The summed E-state index contributed by atoms with van der Waals surface area (Å²) in [6, 6.07) is 7.49. The molecule has 3 heteroatoms. The third-order valence-corrected chi connectivity index (χ3v) is 3.32. The van der Waals surface area contributed by atoms with E-state index < -0.39 is 11.6 Å². The van der Waals surface area contributed by atoms with Gasteiger partial charge in [-0.15, -0.1) is 0 Å². The van der Waals surface area contributed by atoms with Crippen molar-refractivity contribution in [3.63, 3.8) is 0 Å². The Labute approximate surface area is 101 Å². The first kappa shape index (κ1) is 12.1. The van der Waals surface area contributed by atoms with Gasteiger partial charge in [0.2, 0.25) is 0 Å². The molecular weight excluding hydrogens is 216 g/mol. The van der Waals surface area contributed by atoms with Gasteiger partial charge < -0.3 is 9.84 Å². The van der Waals surface area contributed by atoms with Crippen molar-refractivity contribution in [3.05, 3.63) is 35.4 Å². The summed E-state index contributed by atoms with van der Waals surface area (Å²) in [5.41, 5.74) is 0.593.